The van der Waals surface area contributed by atoms with Crippen LogP contribution in [0.1, 0.15) is 40.0 Å². The van der Waals surface area contributed by atoms with Crippen molar-refractivity contribution in [3.63, 3.8) is 0 Å². The highest BCUT2D eigenvalue weighted by Crippen LogP contribution is 2.23. The summed E-state index contributed by atoms with van der Waals surface area (Å²) < 4.78 is 49.2. The summed E-state index contributed by atoms with van der Waals surface area (Å²) in [4.78, 5) is 19.4. The van der Waals surface area contributed by atoms with Crippen LogP contribution < -0.4 is 0 Å². The number of rotatable bonds is 10. The van der Waals surface area contributed by atoms with E-state index in [4.69, 9.17) is 4.74 Å². The molecule has 0 radical (unpaired) electrons. The molecule has 3 aromatic carbocycles. The molecule has 1 aliphatic heterocycles. The molecule has 7 nitrogen and oxygen atoms in total. The maximum absolute atomic E-state index is 14.6. The van der Waals surface area contributed by atoms with Crippen LogP contribution in [0.25, 0.3) is 0 Å². The van der Waals surface area contributed by atoms with E-state index in [1.54, 1.807) is 34.9 Å². The molecule has 4 aromatic rings. The molecule has 1 amide bonds. The van der Waals surface area contributed by atoms with E-state index in [-0.39, 0.29) is 42.2 Å². The Balaban J connectivity index is 1.52. The predicted octanol–water partition coefficient (Wildman–Crippen LogP) is 4.87. The highest BCUT2D eigenvalue weighted by Gasteiger charge is 2.29. The number of amides is 1. The summed E-state index contributed by atoms with van der Waals surface area (Å²) in [6.07, 6.45) is 3.01. The van der Waals surface area contributed by atoms with Gasteiger partial charge in [-0.15, -0.1) is 0 Å². The van der Waals surface area contributed by atoms with E-state index in [2.05, 4.69) is 4.98 Å². The topological polar surface area (TPSA) is 81.5 Å². The molecule has 0 unspecified atom stereocenters. The minimum Gasteiger partial charge on any atom is -0.376 e. The third-order valence-corrected chi connectivity index (χ3v) is 8.35. The van der Waals surface area contributed by atoms with Crippen LogP contribution in [0.3, 0.4) is 0 Å². The molecule has 1 aromatic heterocycles. The molecule has 5 rings (SSSR count). The molecular formula is C30H30FN3O4S. The Morgan fingerprint density at radius 1 is 0.974 bits per heavy atom. The number of hydrogen-bond donors (Lipinski definition) is 0. The van der Waals surface area contributed by atoms with Gasteiger partial charge in [-0.1, -0.05) is 72.8 Å². The monoisotopic (exact) mass is 547 g/mol. The van der Waals surface area contributed by atoms with Gasteiger partial charge in [-0.25, -0.2) is 17.8 Å². The maximum Gasteiger partial charge on any atom is 0.257 e. The van der Waals surface area contributed by atoms with Gasteiger partial charge in [0.2, 0.25) is 15.0 Å². The van der Waals surface area contributed by atoms with Gasteiger partial charge in [0.25, 0.3) is 5.91 Å². The van der Waals surface area contributed by atoms with Crippen molar-refractivity contribution >= 4 is 15.7 Å². The number of hydrogen-bond acceptors (Lipinski definition) is 5. The number of carbonyl (C=O) groups is 1. The maximum atomic E-state index is 14.6. The highest BCUT2D eigenvalue weighted by atomic mass is 32.2. The van der Waals surface area contributed by atoms with Crippen LogP contribution in [-0.2, 0) is 33.4 Å². The Morgan fingerprint density at radius 3 is 2.31 bits per heavy atom. The first kappa shape index (κ1) is 26.8. The molecule has 2 heterocycles. The van der Waals surface area contributed by atoms with Crippen LogP contribution in [0.15, 0.2) is 96.3 Å². The summed E-state index contributed by atoms with van der Waals surface area (Å²) in [6.45, 7) is 1.17. The lowest BCUT2D eigenvalue weighted by atomic mass is 10.1. The second-order valence-corrected chi connectivity index (χ2v) is 11.5. The fourth-order valence-corrected chi connectivity index (χ4v) is 6.30. The molecule has 0 saturated carbocycles. The fraction of sp³-hybridized carbons (Fsp3) is 0.267. The van der Waals surface area contributed by atoms with Crippen molar-refractivity contribution in [3.8, 4) is 0 Å². The Hall–Kier alpha value is -3.82. The van der Waals surface area contributed by atoms with Gasteiger partial charge in [-0.3, -0.25) is 4.79 Å². The molecule has 1 fully saturated rings. The normalized spacial score (nSPS) is 15.4. The van der Waals surface area contributed by atoms with E-state index in [0.717, 1.165) is 18.4 Å². The van der Waals surface area contributed by atoms with Gasteiger partial charge in [0.1, 0.15) is 5.82 Å². The lowest BCUT2D eigenvalue weighted by Crippen LogP contribution is -2.38. The Labute approximate surface area is 227 Å². The third-order valence-electron chi connectivity index (χ3n) is 6.76. The van der Waals surface area contributed by atoms with E-state index in [1.165, 1.54) is 29.3 Å². The quantitative estimate of drug-likeness (QED) is 0.283. The number of benzene rings is 3. The van der Waals surface area contributed by atoms with Crippen molar-refractivity contribution in [1.29, 1.82) is 0 Å². The summed E-state index contributed by atoms with van der Waals surface area (Å²) in [7, 11) is -3.82. The summed E-state index contributed by atoms with van der Waals surface area (Å²) in [5.74, 6) is -1.29. The van der Waals surface area contributed by atoms with Crippen molar-refractivity contribution in [2.75, 3.05) is 13.2 Å². The minimum atomic E-state index is -3.82. The minimum absolute atomic E-state index is 0.0402. The van der Waals surface area contributed by atoms with E-state index < -0.39 is 21.6 Å². The standard InChI is InChI=1S/C30H30FN3O4S/c31-28-16-8-7-15-27(28)29(35)33(21-26-14-9-17-38-26)20-25-18-32-30(34(25)19-23-10-3-1-4-11-23)39(36,37)22-24-12-5-2-6-13-24/h1-8,10-13,15-16,18,26H,9,14,17,19-22H2/t26-/m1/s1. The third kappa shape index (κ3) is 6.43. The molecule has 39 heavy (non-hydrogen) atoms. The average Bonchev–Trinajstić information content (AvgIpc) is 3.60. The van der Waals surface area contributed by atoms with Gasteiger partial charge in [0, 0.05) is 13.2 Å². The van der Waals surface area contributed by atoms with E-state index in [9.17, 15) is 17.6 Å². The van der Waals surface area contributed by atoms with Gasteiger partial charge in [-0.05, 0) is 36.1 Å². The molecule has 0 spiro atoms. The van der Waals surface area contributed by atoms with Crippen molar-refractivity contribution < 1.29 is 22.3 Å². The zero-order chi connectivity index (χ0) is 27.2. The molecule has 0 N–H and O–H groups in total. The van der Waals surface area contributed by atoms with Gasteiger partial charge in [0.15, 0.2) is 0 Å². The Kier molecular flexibility index (Phi) is 8.18. The number of aromatic nitrogens is 2. The van der Waals surface area contributed by atoms with Gasteiger partial charge >= 0.3 is 0 Å². The van der Waals surface area contributed by atoms with Crippen LogP contribution in [0.2, 0.25) is 0 Å². The lowest BCUT2D eigenvalue weighted by molar-refractivity contribution is 0.0498. The molecule has 1 aliphatic rings. The summed E-state index contributed by atoms with van der Waals surface area (Å²) in [5, 5.41) is -0.0689. The first-order valence-electron chi connectivity index (χ1n) is 12.9. The molecule has 202 valence electrons. The highest BCUT2D eigenvalue weighted by molar-refractivity contribution is 7.90. The van der Waals surface area contributed by atoms with Gasteiger partial charge in [0.05, 0.1) is 42.4 Å². The average molecular weight is 548 g/mol. The zero-order valence-corrected chi connectivity index (χ0v) is 22.3. The van der Waals surface area contributed by atoms with Crippen molar-refractivity contribution in [2.45, 2.75) is 42.9 Å². The van der Waals surface area contributed by atoms with Crippen LogP contribution in [-0.4, -0.2) is 48.0 Å². The molecule has 9 heteroatoms. The smallest absolute Gasteiger partial charge is 0.257 e. The van der Waals surface area contributed by atoms with Gasteiger partial charge < -0.3 is 14.2 Å². The lowest BCUT2D eigenvalue weighted by Gasteiger charge is -2.26. The molecule has 1 atom stereocenters. The molecule has 0 bridgehead atoms. The first-order chi connectivity index (χ1) is 18.9. The number of imidazole rings is 1. The van der Waals surface area contributed by atoms with Crippen molar-refractivity contribution in [1.82, 2.24) is 14.5 Å². The number of carbonyl (C=O) groups excluding carboxylic acids is 1. The predicted molar refractivity (Wildman–Crippen MR) is 145 cm³/mol. The van der Waals surface area contributed by atoms with E-state index >= 15 is 0 Å². The van der Waals surface area contributed by atoms with Crippen LogP contribution in [0.4, 0.5) is 4.39 Å². The number of sulfone groups is 1. The zero-order valence-electron chi connectivity index (χ0n) is 21.4. The summed E-state index contributed by atoms with van der Waals surface area (Å²) in [6, 6.07) is 24.3. The van der Waals surface area contributed by atoms with E-state index in [1.807, 2.05) is 36.4 Å². The Bertz CT molecular complexity index is 1520. The second-order valence-electron chi connectivity index (χ2n) is 9.65. The van der Waals surface area contributed by atoms with Gasteiger partial charge in [-0.2, -0.15) is 0 Å². The Morgan fingerprint density at radius 2 is 1.64 bits per heavy atom. The first-order valence-corrected chi connectivity index (χ1v) is 14.6. The van der Waals surface area contributed by atoms with Crippen LogP contribution in [0, 0.1) is 5.82 Å². The van der Waals surface area contributed by atoms with Crippen LogP contribution >= 0.6 is 0 Å². The number of nitrogens with zero attached hydrogens (tertiary/aromatic N) is 3. The molecule has 0 aliphatic carbocycles. The van der Waals surface area contributed by atoms with Crippen LogP contribution in [0.5, 0.6) is 0 Å². The van der Waals surface area contributed by atoms with Crippen molar-refractivity contribution in [3.05, 3.63) is 119 Å². The second kappa shape index (κ2) is 11.9. The summed E-state index contributed by atoms with van der Waals surface area (Å²) >= 11 is 0. The summed E-state index contributed by atoms with van der Waals surface area (Å²) in [5.41, 5.74) is 2.04. The number of ether oxygens (including phenoxy) is 1. The molecule has 1 saturated heterocycles. The van der Waals surface area contributed by atoms with E-state index in [0.29, 0.717) is 17.9 Å². The fourth-order valence-electron chi connectivity index (χ4n) is 4.81. The van der Waals surface area contributed by atoms with Crippen molar-refractivity contribution in [2.24, 2.45) is 0 Å². The molecular weight excluding hydrogens is 517 g/mol. The number of halogens is 1. The largest absolute Gasteiger partial charge is 0.376 e. The SMILES string of the molecule is O=C(c1ccccc1F)N(Cc1cnc(S(=O)(=O)Cc2ccccc2)n1Cc1ccccc1)C[C@H]1CCCO1.